The van der Waals surface area contributed by atoms with Crippen molar-refractivity contribution in [3.05, 3.63) is 66.6 Å². The van der Waals surface area contributed by atoms with Crippen LogP contribution in [0.5, 0.6) is 0 Å². The summed E-state index contributed by atoms with van der Waals surface area (Å²) in [6.07, 6.45) is 9.81. The molecule has 1 fully saturated rings. The number of nitrogens with zero attached hydrogens (tertiary/aromatic N) is 2. The third-order valence-electron chi connectivity index (χ3n) is 6.32. The Morgan fingerprint density at radius 2 is 1.50 bits per heavy atom. The van der Waals surface area contributed by atoms with E-state index in [2.05, 4.69) is 69.9 Å². The highest BCUT2D eigenvalue weighted by atomic mass is 16.5. The lowest BCUT2D eigenvalue weighted by Gasteiger charge is -2.20. The van der Waals surface area contributed by atoms with Gasteiger partial charge < -0.3 is 4.74 Å². The first kappa shape index (κ1) is 17.7. The molecule has 3 heterocycles. The predicted octanol–water partition coefficient (Wildman–Crippen LogP) is 5.19. The van der Waals surface area contributed by atoms with Gasteiger partial charge in [0, 0.05) is 24.8 Å². The van der Waals surface area contributed by atoms with Crippen LogP contribution < -0.4 is 4.57 Å². The number of aromatic nitrogens is 2. The van der Waals surface area contributed by atoms with E-state index in [-0.39, 0.29) is 0 Å². The van der Waals surface area contributed by atoms with E-state index in [1.165, 1.54) is 53.9 Å². The average molecular weight is 374 g/mol. The molecule has 5 rings (SSSR count). The van der Waals surface area contributed by atoms with Crippen LogP contribution >= 0.6 is 0 Å². The van der Waals surface area contributed by atoms with Crippen LogP contribution in [0.15, 0.2) is 60.8 Å². The molecule has 0 saturated carbocycles. The Balaban J connectivity index is 1.53. The van der Waals surface area contributed by atoms with Gasteiger partial charge >= 0.3 is 0 Å². The van der Waals surface area contributed by atoms with E-state index >= 15 is 0 Å². The van der Waals surface area contributed by atoms with Crippen molar-refractivity contribution in [1.82, 2.24) is 4.57 Å². The van der Waals surface area contributed by atoms with E-state index in [0.29, 0.717) is 6.04 Å². The molecule has 0 amide bonds. The van der Waals surface area contributed by atoms with Crippen molar-refractivity contribution in [2.75, 3.05) is 13.2 Å². The lowest BCUT2D eigenvalue weighted by molar-refractivity contribution is -0.692. The molecule has 0 spiro atoms. The van der Waals surface area contributed by atoms with Gasteiger partial charge in [0.05, 0.1) is 19.8 Å². The molecule has 2 aliphatic rings. The first-order valence-electron chi connectivity index (χ1n) is 10.8. The van der Waals surface area contributed by atoms with E-state index in [1.54, 1.807) is 0 Å². The molecule has 2 aromatic carbocycles. The summed E-state index contributed by atoms with van der Waals surface area (Å²) in [5.41, 5.74) is 5.27. The van der Waals surface area contributed by atoms with Crippen LogP contribution in [0.25, 0.3) is 22.4 Å². The normalized spacial score (nSPS) is 17.9. The van der Waals surface area contributed by atoms with Crippen LogP contribution in [0.4, 0.5) is 0 Å². The number of benzene rings is 2. The van der Waals surface area contributed by atoms with Crippen LogP contribution in [0, 0.1) is 0 Å². The van der Waals surface area contributed by atoms with E-state index in [0.717, 1.165) is 32.6 Å². The van der Waals surface area contributed by atoms with Crippen LogP contribution in [-0.4, -0.2) is 17.8 Å². The molecule has 2 aliphatic heterocycles. The van der Waals surface area contributed by atoms with Crippen molar-refractivity contribution >= 4 is 0 Å². The standard InChI is InChI=1S/C25H29N2O/c1-3-7-20(8-4-1)21-10-12-22(13-11-21)24-19-27(23-14-17-28-18-15-23)25-9-5-2-6-16-26(24)25/h1,3-4,7-8,10-13,19,23H,2,5-6,9,14-18H2/q+1. The van der Waals surface area contributed by atoms with Crippen molar-refractivity contribution in [2.24, 2.45) is 0 Å². The Hall–Kier alpha value is -2.39. The summed E-state index contributed by atoms with van der Waals surface area (Å²) in [6, 6.07) is 20.3. The maximum atomic E-state index is 5.62. The van der Waals surface area contributed by atoms with E-state index in [4.69, 9.17) is 4.74 Å². The summed E-state index contributed by atoms with van der Waals surface area (Å²) >= 11 is 0. The monoisotopic (exact) mass is 373 g/mol. The van der Waals surface area contributed by atoms with E-state index in [1.807, 2.05) is 0 Å². The largest absolute Gasteiger partial charge is 0.381 e. The topological polar surface area (TPSA) is 18.0 Å². The Bertz CT molecular complexity index is 921. The molecule has 3 aromatic rings. The molecule has 144 valence electrons. The number of imidazole rings is 1. The summed E-state index contributed by atoms with van der Waals surface area (Å²) in [5, 5.41) is 0. The van der Waals surface area contributed by atoms with Gasteiger partial charge in [0.25, 0.3) is 5.82 Å². The minimum absolute atomic E-state index is 0.588. The molecule has 1 aromatic heterocycles. The maximum absolute atomic E-state index is 5.62. The maximum Gasteiger partial charge on any atom is 0.257 e. The van der Waals surface area contributed by atoms with Gasteiger partial charge in [-0.3, -0.25) is 0 Å². The molecule has 0 radical (unpaired) electrons. The lowest BCUT2D eigenvalue weighted by atomic mass is 10.0. The fourth-order valence-corrected chi connectivity index (χ4v) is 4.77. The van der Waals surface area contributed by atoms with Gasteiger partial charge in [0.2, 0.25) is 0 Å². The Morgan fingerprint density at radius 1 is 0.786 bits per heavy atom. The van der Waals surface area contributed by atoms with Crippen LogP contribution in [0.1, 0.15) is 44.0 Å². The molecule has 28 heavy (non-hydrogen) atoms. The minimum atomic E-state index is 0.588. The second kappa shape index (κ2) is 7.92. The predicted molar refractivity (Wildman–Crippen MR) is 112 cm³/mol. The third-order valence-corrected chi connectivity index (χ3v) is 6.32. The first-order valence-corrected chi connectivity index (χ1v) is 10.8. The number of hydrogen-bond acceptors (Lipinski definition) is 1. The van der Waals surface area contributed by atoms with Crippen LogP contribution in [0.3, 0.4) is 0 Å². The highest BCUT2D eigenvalue weighted by Crippen LogP contribution is 2.29. The van der Waals surface area contributed by atoms with Gasteiger partial charge in [-0.05, 0) is 42.5 Å². The van der Waals surface area contributed by atoms with Gasteiger partial charge in [0.1, 0.15) is 12.2 Å². The van der Waals surface area contributed by atoms with Gasteiger partial charge in [0.15, 0.2) is 5.69 Å². The van der Waals surface area contributed by atoms with Gasteiger partial charge in [-0.1, -0.05) is 42.5 Å². The lowest BCUT2D eigenvalue weighted by Crippen LogP contribution is -2.39. The summed E-state index contributed by atoms with van der Waals surface area (Å²) in [6.45, 7) is 2.92. The highest BCUT2D eigenvalue weighted by Gasteiger charge is 2.31. The van der Waals surface area contributed by atoms with E-state index in [9.17, 15) is 0 Å². The third kappa shape index (κ3) is 3.40. The number of rotatable bonds is 3. The van der Waals surface area contributed by atoms with E-state index < -0.39 is 0 Å². The average Bonchev–Trinajstić information content (AvgIpc) is 2.96. The molecule has 1 saturated heterocycles. The Morgan fingerprint density at radius 3 is 2.29 bits per heavy atom. The molecule has 3 nitrogen and oxygen atoms in total. The van der Waals surface area contributed by atoms with Crippen LogP contribution in [0.2, 0.25) is 0 Å². The number of hydrogen-bond donors (Lipinski definition) is 0. The number of ether oxygens (including phenoxy) is 1. The molecule has 0 unspecified atom stereocenters. The zero-order valence-corrected chi connectivity index (χ0v) is 16.5. The molecule has 3 heteroatoms. The zero-order valence-electron chi connectivity index (χ0n) is 16.5. The summed E-state index contributed by atoms with van der Waals surface area (Å²) in [7, 11) is 0. The summed E-state index contributed by atoms with van der Waals surface area (Å²) < 4.78 is 10.8. The van der Waals surface area contributed by atoms with Gasteiger partial charge in [-0.2, -0.15) is 0 Å². The van der Waals surface area contributed by atoms with Gasteiger partial charge in [-0.25, -0.2) is 9.13 Å². The molecule has 0 aliphatic carbocycles. The summed E-state index contributed by atoms with van der Waals surface area (Å²) in [4.78, 5) is 0. The van der Waals surface area contributed by atoms with Crippen molar-refractivity contribution < 1.29 is 9.30 Å². The SMILES string of the molecule is c1ccc(-c2ccc(-c3cn(C4CCOCC4)c4[n+]3CCCCC4)cc2)cc1. The molecular formula is C25H29N2O+. The quantitative estimate of drug-likeness (QED) is 0.578. The molecule has 0 atom stereocenters. The highest BCUT2D eigenvalue weighted by molar-refractivity contribution is 5.67. The van der Waals surface area contributed by atoms with Gasteiger partial charge in [-0.15, -0.1) is 0 Å². The fourth-order valence-electron chi connectivity index (χ4n) is 4.77. The smallest absolute Gasteiger partial charge is 0.257 e. The molecular weight excluding hydrogens is 344 g/mol. The molecule has 0 N–H and O–H groups in total. The molecule has 0 bridgehead atoms. The number of fused-ring (bicyclic) bond motifs is 1. The second-order valence-corrected chi connectivity index (χ2v) is 8.09. The van der Waals surface area contributed by atoms with Crippen molar-refractivity contribution in [3.8, 4) is 22.4 Å². The van der Waals surface area contributed by atoms with Crippen molar-refractivity contribution in [1.29, 1.82) is 0 Å². The fraction of sp³-hybridized carbons (Fsp3) is 0.400. The van der Waals surface area contributed by atoms with Crippen LogP contribution in [-0.2, 0) is 17.7 Å². The summed E-state index contributed by atoms with van der Waals surface area (Å²) in [5.74, 6) is 1.52. The first-order chi connectivity index (χ1) is 13.9. The zero-order chi connectivity index (χ0) is 18.8. The Kier molecular flexibility index (Phi) is 5.01. The second-order valence-electron chi connectivity index (χ2n) is 8.09. The Labute approximate surface area is 167 Å². The van der Waals surface area contributed by atoms with Crippen molar-refractivity contribution in [2.45, 2.75) is 51.1 Å². The van der Waals surface area contributed by atoms with Crippen molar-refractivity contribution in [3.63, 3.8) is 0 Å². The minimum Gasteiger partial charge on any atom is -0.381 e.